The fourth-order valence-electron chi connectivity index (χ4n) is 1.25. The average molecular weight is 228 g/mol. The number of ether oxygens (including phenoxy) is 1. The third-order valence-corrected chi connectivity index (χ3v) is 2.41. The predicted octanol–water partition coefficient (Wildman–Crippen LogP) is 2.03. The highest BCUT2D eigenvalue weighted by molar-refractivity contribution is 5.35. The van der Waals surface area contributed by atoms with Crippen molar-refractivity contribution in [1.82, 2.24) is 0 Å². The molecule has 1 rings (SSSR count). The molecule has 90 valence electrons. The quantitative estimate of drug-likeness (QED) is 0.829. The molecule has 0 aliphatic heterocycles. The minimum Gasteiger partial charge on any atom is -0.488 e. The van der Waals surface area contributed by atoms with Gasteiger partial charge in [-0.15, -0.1) is 0 Å². The SMILES string of the molecule is CC(O)C(C)Oc1ccc(F)cc1[C@@H](C)O. The molecule has 16 heavy (non-hydrogen) atoms. The molecule has 0 saturated heterocycles. The van der Waals surface area contributed by atoms with Crippen molar-refractivity contribution in [3.8, 4) is 5.75 Å². The van der Waals surface area contributed by atoms with Gasteiger partial charge >= 0.3 is 0 Å². The Morgan fingerprint density at radius 2 is 1.81 bits per heavy atom. The lowest BCUT2D eigenvalue weighted by Crippen LogP contribution is -2.26. The standard InChI is InChI=1S/C12H17FO3/c1-7(14)9(3)16-12-5-4-10(13)6-11(12)8(2)15/h4-9,14-15H,1-3H3/t7?,8-,9?/m1/s1. The Hall–Kier alpha value is -1.13. The van der Waals surface area contributed by atoms with Crippen molar-refractivity contribution in [3.63, 3.8) is 0 Å². The van der Waals surface area contributed by atoms with Crippen molar-refractivity contribution < 1.29 is 19.3 Å². The van der Waals surface area contributed by atoms with E-state index in [0.717, 1.165) is 0 Å². The molecule has 0 aliphatic rings. The zero-order valence-corrected chi connectivity index (χ0v) is 9.64. The van der Waals surface area contributed by atoms with Crippen LogP contribution in [0.5, 0.6) is 5.75 Å². The Labute approximate surface area is 94.5 Å². The Morgan fingerprint density at radius 1 is 1.19 bits per heavy atom. The summed E-state index contributed by atoms with van der Waals surface area (Å²) >= 11 is 0. The number of benzene rings is 1. The minimum atomic E-state index is -0.813. The first-order valence-electron chi connectivity index (χ1n) is 5.24. The molecule has 3 atom stereocenters. The lowest BCUT2D eigenvalue weighted by Gasteiger charge is -2.20. The second-order valence-corrected chi connectivity index (χ2v) is 3.92. The maximum Gasteiger partial charge on any atom is 0.125 e. The smallest absolute Gasteiger partial charge is 0.125 e. The van der Waals surface area contributed by atoms with Crippen LogP contribution in [-0.4, -0.2) is 22.4 Å². The average Bonchev–Trinajstić information content (AvgIpc) is 2.20. The number of hydrogen-bond donors (Lipinski definition) is 2. The largest absolute Gasteiger partial charge is 0.488 e. The van der Waals surface area contributed by atoms with Crippen LogP contribution < -0.4 is 4.74 Å². The van der Waals surface area contributed by atoms with E-state index in [2.05, 4.69) is 0 Å². The van der Waals surface area contributed by atoms with Gasteiger partial charge in [0.1, 0.15) is 17.7 Å². The summed E-state index contributed by atoms with van der Waals surface area (Å²) in [6, 6.07) is 3.95. The van der Waals surface area contributed by atoms with E-state index in [1.165, 1.54) is 25.1 Å². The first-order valence-corrected chi connectivity index (χ1v) is 5.24. The minimum absolute atomic E-state index is 0.382. The summed E-state index contributed by atoms with van der Waals surface area (Å²) in [6.07, 6.45) is -1.86. The Kier molecular flexibility index (Phi) is 4.26. The fourth-order valence-corrected chi connectivity index (χ4v) is 1.25. The summed E-state index contributed by atoms with van der Waals surface area (Å²) in [5, 5.41) is 18.8. The van der Waals surface area contributed by atoms with Crippen LogP contribution in [-0.2, 0) is 0 Å². The monoisotopic (exact) mass is 228 g/mol. The number of aliphatic hydroxyl groups is 2. The summed E-state index contributed by atoms with van der Waals surface area (Å²) in [5.41, 5.74) is 0.382. The molecular weight excluding hydrogens is 211 g/mol. The lowest BCUT2D eigenvalue weighted by atomic mass is 10.1. The van der Waals surface area contributed by atoms with E-state index < -0.39 is 24.1 Å². The summed E-state index contributed by atoms with van der Waals surface area (Å²) in [6.45, 7) is 4.85. The summed E-state index contributed by atoms with van der Waals surface area (Å²) in [4.78, 5) is 0. The molecule has 0 radical (unpaired) electrons. The summed E-state index contributed by atoms with van der Waals surface area (Å²) in [7, 11) is 0. The fraction of sp³-hybridized carbons (Fsp3) is 0.500. The van der Waals surface area contributed by atoms with Crippen molar-refractivity contribution in [1.29, 1.82) is 0 Å². The number of rotatable bonds is 4. The van der Waals surface area contributed by atoms with E-state index in [-0.39, 0.29) is 0 Å². The molecule has 1 aromatic carbocycles. The van der Waals surface area contributed by atoms with Crippen LogP contribution in [0.2, 0.25) is 0 Å². The van der Waals surface area contributed by atoms with Gasteiger partial charge in [-0.2, -0.15) is 0 Å². The molecule has 0 bridgehead atoms. The normalized spacial score (nSPS) is 16.6. The molecule has 0 fully saturated rings. The molecule has 0 amide bonds. The van der Waals surface area contributed by atoms with E-state index >= 15 is 0 Å². The molecule has 0 heterocycles. The van der Waals surface area contributed by atoms with Crippen LogP contribution in [0.25, 0.3) is 0 Å². The third-order valence-electron chi connectivity index (χ3n) is 2.41. The number of halogens is 1. The predicted molar refractivity (Wildman–Crippen MR) is 58.8 cm³/mol. The Balaban J connectivity index is 2.95. The molecule has 0 aliphatic carbocycles. The van der Waals surface area contributed by atoms with Crippen molar-refractivity contribution >= 4 is 0 Å². The highest BCUT2D eigenvalue weighted by Crippen LogP contribution is 2.27. The van der Waals surface area contributed by atoms with E-state index in [1.54, 1.807) is 13.8 Å². The van der Waals surface area contributed by atoms with Crippen LogP contribution in [0, 0.1) is 5.82 Å². The molecule has 0 aromatic heterocycles. The highest BCUT2D eigenvalue weighted by atomic mass is 19.1. The maximum atomic E-state index is 13.0. The summed E-state index contributed by atoms with van der Waals surface area (Å²) in [5.74, 6) is -0.0299. The van der Waals surface area contributed by atoms with E-state index in [4.69, 9.17) is 4.74 Å². The molecule has 1 aromatic rings. The molecule has 2 N–H and O–H groups in total. The van der Waals surface area contributed by atoms with Gasteiger partial charge < -0.3 is 14.9 Å². The zero-order valence-electron chi connectivity index (χ0n) is 9.64. The van der Waals surface area contributed by atoms with Gasteiger partial charge in [0.2, 0.25) is 0 Å². The number of hydrogen-bond acceptors (Lipinski definition) is 3. The molecule has 2 unspecified atom stereocenters. The number of aliphatic hydroxyl groups excluding tert-OH is 2. The van der Waals surface area contributed by atoms with E-state index in [0.29, 0.717) is 11.3 Å². The third kappa shape index (κ3) is 3.18. The van der Waals surface area contributed by atoms with Crippen LogP contribution in [0.4, 0.5) is 4.39 Å². The maximum absolute atomic E-state index is 13.0. The first-order chi connectivity index (χ1) is 7.41. The molecule has 0 saturated carbocycles. The molecule has 4 heteroatoms. The molecule has 3 nitrogen and oxygen atoms in total. The Morgan fingerprint density at radius 3 is 2.31 bits per heavy atom. The first kappa shape index (κ1) is 12.9. The Bertz CT molecular complexity index is 350. The highest BCUT2D eigenvalue weighted by Gasteiger charge is 2.15. The van der Waals surface area contributed by atoms with Crippen molar-refractivity contribution in [2.45, 2.75) is 39.1 Å². The second-order valence-electron chi connectivity index (χ2n) is 3.92. The van der Waals surface area contributed by atoms with Gasteiger partial charge in [-0.05, 0) is 39.0 Å². The van der Waals surface area contributed by atoms with Gasteiger partial charge in [0.15, 0.2) is 0 Å². The topological polar surface area (TPSA) is 49.7 Å². The van der Waals surface area contributed by atoms with E-state index in [1.807, 2.05) is 0 Å². The van der Waals surface area contributed by atoms with Crippen molar-refractivity contribution in [3.05, 3.63) is 29.6 Å². The van der Waals surface area contributed by atoms with Crippen LogP contribution in [0.3, 0.4) is 0 Å². The van der Waals surface area contributed by atoms with Gasteiger partial charge in [0, 0.05) is 5.56 Å². The molecular formula is C12H17FO3. The van der Waals surface area contributed by atoms with Gasteiger partial charge in [-0.25, -0.2) is 4.39 Å². The van der Waals surface area contributed by atoms with Crippen LogP contribution >= 0.6 is 0 Å². The van der Waals surface area contributed by atoms with Crippen molar-refractivity contribution in [2.75, 3.05) is 0 Å². The van der Waals surface area contributed by atoms with Gasteiger partial charge in [-0.1, -0.05) is 0 Å². The van der Waals surface area contributed by atoms with Gasteiger partial charge in [0.25, 0.3) is 0 Å². The zero-order chi connectivity index (χ0) is 12.3. The van der Waals surface area contributed by atoms with Gasteiger partial charge in [-0.3, -0.25) is 0 Å². The van der Waals surface area contributed by atoms with Crippen LogP contribution in [0.1, 0.15) is 32.4 Å². The van der Waals surface area contributed by atoms with Crippen molar-refractivity contribution in [2.24, 2.45) is 0 Å². The van der Waals surface area contributed by atoms with Gasteiger partial charge in [0.05, 0.1) is 12.2 Å². The second kappa shape index (κ2) is 5.27. The van der Waals surface area contributed by atoms with Crippen LogP contribution in [0.15, 0.2) is 18.2 Å². The van der Waals surface area contributed by atoms with E-state index in [9.17, 15) is 14.6 Å². The molecule has 0 spiro atoms. The lowest BCUT2D eigenvalue weighted by molar-refractivity contribution is 0.0577. The summed E-state index contributed by atoms with van der Waals surface area (Å²) < 4.78 is 18.4.